The van der Waals surface area contributed by atoms with Gasteiger partial charge in [0.15, 0.2) is 0 Å². The van der Waals surface area contributed by atoms with Crippen molar-refractivity contribution >= 4 is 6.09 Å². The van der Waals surface area contributed by atoms with E-state index in [1.807, 2.05) is 52.0 Å². The molecule has 0 spiro atoms. The fourth-order valence-corrected chi connectivity index (χ4v) is 2.71. The van der Waals surface area contributed by atoms with E-state index in [2.05, 4.69) is 0 Å². The van der Waals surface area contributed by atoms with Crippen LogP contribution in [0.4, 0.5) is 4.79 Å². The summed E-state index contributed by atoms with van der Waals surface area (Å²) in [6.45, 7) is 8.76. The van der Waals surface area contributed by atoms with E-state index in [-0.39, 0.29) is 6.04 Å². The minimum Gasteiger partial charge on any atom is -0.444 e. The maximum Gasteiger partial charge on any atom is 0.410 e. The highest BCUT2D eigenvalue weighted by Gasteiger charge is 2.35. The molecule has 1 N–H and O–H groups in total. The lowest BCUT2D eigenvalue weighted by atomic mass is 9.99. The molecule has 1 aromatic carbocycles. The van der Waals surface area contributed by atoms with E-state index in [9.17, 15) is 9.90 Å². The summed E-state index contributed by atoms with van der Waals surface area (Å²) in [5.41, 5.74) is 1.65. The van der Waals surface area contributed by atoms with Gasteiger partial charge in [-0.15, -0.1) is 0 Å². The van der Waals surface area contributed by atoms with E-state index in [0.29, 0.717) is 26.2 Å². The molecule has 128 valence electrons. The molecule has 1 saturated heterocycles. The van der Waals surface area contributed by atoms with Crippen LogP contribution >= 0.6 is 0 Å². The third-order valence-electron chi connectivity index (χ3n) is 3.76. The van der Waals surface area contributed by atoms with Crippen LogP contribution in [0.5, 0.6) is 0 Å². The first-order valence-electron chi connectivity index (χ1n) is 8.07. The number of morpholine rings is 1. The molecule has 5 heteroatoms. The standard InChI is InChI=1S/C18H27NO4/c1-13-6-5-7-14(10-13)11-16(20)15-12-22-9-8-19(15)17(21)23-18(2,3)4/h5-7,10,15-16,20H,8-9,11-12H2,1-4H3. The smallest absolute Gasteiger partial charge is 0.410 e. The van der Waals surface area contributed by atoms with Crippen molar-refractivity contribution in [2.24, 2.45) is 0 Å². The molecule has 2 atom stereocenters. The van der Waals surface area contributed by atoms with Crippen LogP contribution in [0.1, 0.15) is 31.9 Å². The maximum atomic E-state index is 12.4. The van der Waals surface area contributed by atoms with E-state index >= 15 is 0 Å². The lowest BCUT2D eigenvalue weighted by Crippen LogP contribution is -2.55. The van der Waals surface area contributed by atoms with Crippen molar-refractivity contribution < 1.29 is 19.4 Å². The summed E-state index contributed by atoms with van der Waals surface area (Å²) < 4.78 is 10.9. The van der Waals surface area contributed by atoms with Crippen LogP contribution in [0.3, 0.4) is 0 Å². The Kier molecular flexibility index (Phi) is 5.65. The Morgan fingerprint density at radius 2 is 2.22 bits per heavy atom. The lowest BCUT2D eigenvalue weighted by molar-refractivity contribution is -0.0660. The van der Waals surface area contributed by atoms with Gasteiger partial charge in [0, 0.05) is 13.0 Å². The highest BCUT2D eigenvalue weighted by molar-refractivity contribution is 5.68. The summed E-state index contributed by atoms with van der Waals surface area (Å²) in [4.78, 5) is 14.0. The number of aliphatic hydroxyl groups is 1. The van der Waals surface area contributed by atoms with Crippen molar-refractivity contribution in [3.63, 3.8) is 0 Å². The number of aryl methyl sites for hydroxylation is 1. The van der Waals surface area contributed by atoms with Gasteiger partial charge in [-0.05, 0) is 33.3 Å². The van der Waals surface area contributed by atoms with Crippen molar-refractivity contribution in [3.05, 3.63) is 35.4 Å². The molecule has 1 aromatic rings. The number of carbonyl (C=O) groups excluding carboxylic acids is 1. The van der Waals surface area contributed by atoms with Gasteiger partial charge in [-0.1, -0.05) is 29.8 Å². The second-order valence-corrected chi connectivity index (χ2v) is 7.08. The highest BCUT2D eigenvalue weighted by atomic mass is 16.6. The Labute approximate surface area is 138 Å². The number of amides is 1. The maximum absolute atomic E-state index is 12.4. The SMILES string of the molecule is Cc1cccc(CC(O)C2COCCN2C(=O)OC(C)(C)C)c1. The van der Waals surface area contributed by atoms with Crippen molar-refractivity contribution in [3.8, 4) is 0 Å². The molecule has 5 nitrogen and oxygen atoms in total. The predicted octanol–water partition coefficient (Wildman–Crippen LogP) is 2.53. The molecule has 1 aliphatic heterocycles. The largest absolute Gasteiger partial charge is 0.444 e. The molecule has 0 saturated carbocycles. The molecule has 2 rings (SSSR count). The molecule has 23 heavy (non-hydrogen) atoms. The first-order chi connectivity index (χ1) is 10.8. The molecule has 0 radical (unpaired) electrons. The van der Waals surface area contributed by atoms with Gasteiger partial charge in [-0.2, -0.15) is 0 Å². The summed E-state index contributed by atoms with van der Waals surface area (Å²) >= 11 is 0. The Morgan fingerprint density at radius 3 is 2.87 bits per heavy atom. The minimum absolute atomic E-state index is 0.326. The van der Waals surface area contributed by atoms with Crippen molar-refractivity contribution in [1.29, 1.82) is 0 Å². The number of benzene rings is 1. The van der Waals surface area contributed by atoms with Gasteiger partial charge in [0.25, 0.3) is 0 Å². The molecule has 0 bridgehead atoms. The van der Waals surface area contributed by atoms with E-state index in [0.717, 1.165) is 11.1 Å². The van der Waals surface area contributed by atoms with Gasteiger partial charge in [0.1, 0.15) is 5.60 Å². The van der Waals surface area contributed by atoms with Gasteiger partial charge in [-0.3, -0.25) is 4.90 Å². The number of aliphatic hydroxyl groups excluding tert-OH is 1. The fraction of sp³-hybridized carbons (Fsp3) is 0.611. The molecule has 1 amide bonds. The molecule has 1 heterocycles. The average molecular weight is 321 g/mol. The Morgan fingerprint density at radius 1 is 1.48 bits per heavy atom. The average Bonchev–Trinajstić information content (AvgIpc) is 2.45. The molecule has 0 aliphatic carbocycles. The van der Waals surface area contributed by atoms with Crippen LogP contribution in [0.15, 0.2) is 24.3 Å². The quantitative estimate of drug-likeness (QED) is 0.929. The third-order valence-corrected chi connectivity index (χ3v) is 3.76. The highest BCUT2D eigenvalue weighted by Crippen LogP contribution is 2.19. The number of ether oxygens (including phenoxy) is 2. The van der Waals surface area contributed by atoms with E-state index in [1.165, 1.54) is 0 Å². The van der Waals surface area contributed by atoms with Crippen LogP contribution in [-0.4, -0.2) is 53.6 Å². The topological polar surface area (TPSA) is 59.0 Å². The van der Waals surface area contributed by atoms with Crippen LogP contribution in [0.25, 0.3) is 0 Å². The summed E-state index contributed by atoms with van der Waals surface area (Å²) in [7, 11) is 0. The van der Waals surface area contributed by atoms with E-state index < -0.39 is 17.8 Å². The minimum atomic E-state index is -0.690. The first-order valence-corrected chi connectivity index (χ1v) is 8.07. The zero-order valence-electron chi connectivity index (χ0n) is 14.4. The molecule has 1 fully saturated rings. The monoisotopic (exact) mass is 321 g/mol. The number of hydrogen-bond acceptors (Lipinski definition) is 4. The lowest BCUT2D eigenvalue weighted by Gasteiger charge is -2.38. The van der Waals surface area contributed by atoms with Crippen LogP contribution in [-0.2, 0) is 15.9 Å². The number of nitrogens with zero attached hydrogens (tertiary/aromatic N) is 1. The summed E-state index contributed by atoms with van der Waals surface area (Å²) in [5.74, 6) is 0. The summed E-state index contributed by atoms with van der Waals surface area (Å²) in [6, 6.07) is 7.63. The Bertz CT molecular complexity index is 538. The third kappa shape index (κ3) is 5.22. The molecule has 0 aromatic heterocycles. The van der Waals surface area contributed by atoms with Gasteiger partial charge in [-0.25, -0.2) is 4.79 Å². The van der Waals surface area contributed by atoms with Crippen LogP contribution in [0, 0.1) is 6.92 Å². The predicted molar refractivity (Wildman–Crippen MR) is 88.4 cm³/mol. The molecular formula is C18H27NO4. The zero-order chi connectivity index (χ0) is 17.0. The Balaban J connectivity index is 2.06. The second-order valence-electron chi connectivity index (χ2n) is 7.08. The zero-order valence-corrected chi connectivity index (χ0v) is 14.4. The number of hydrogen-bond donors (Lipinski definition) is 1. The van der Waals surface area contributed by atoms with E-state index in [4.69, 9.17) is 9.47 Å². The van der Waals surface area contributed by atoms with Crippen LogP contribution < -0.4 is 0 Å². The summed E-state index contributed by atoms with van der Waals surface area (Å²) in [6.07, 6.45) is -0.603. The van der Waals surface area contributed by atoms with Crippen molar-refractivity contribution in [1.82, 2.24) is 4.90 Å². The number of rotatable bonds is 3. The van der Waals surface area contributed by atoms with Gasteiger partial charge < -0.3 is 14.6 Å². The van der Waals surface area contributed by atoms with Crippen LogP contribution in [0.2, 0.25) is 0 Å². The molecule has 2 unspecified atom stereocenters. The number of carbonyl (C=O) groups is 1. The molecular weight excluding hydrogens is 294 g/mol. The van der Waals surface area contributed by atoms with Gasteiger partial charge >= 0.3 is 6.09 Å². The Hall–Kier alpha value is -1.59. The molecule has 1 aliphatic rings. The van der Waals surface area contributed by atoms with Gasteiger partial charge in [0.05, 0.1) is 25.4 Å². The normalized spacial score (nSPS) is 20.2. The van der Waals surface area contributed by atoms with Gasteiger partial charge in [0.2, 0.25) is 0 Å². The fourth-order valence-electron chi connectivity index (χ4n) is 2.71. The van der Waals surface area contributed by atoms with Crippen molar-refractivity contribution in [2.45, 2.75) is 51.9 Å². The first kappa shape index (κ1) is 17.8. The van der Waals surface area contributed by atoms with Crippen molar-refractivity contribution in [2.75, 3.05) is 19.8 Å². The second kappa shape index (κ2) is 7.32. The summed E-state index contributed by atoms with van der Waals surface area (Å²) in [5, 5.41) is 10.6. The van der Waals surface area contributed by atoms with E-state index in [1.54, 1.807) is 4.90 Å².